The van der Waals surface area contributed by atoms with Crippen LogP contribution >= 0.6 is 0 Å². The van der Waals surface area contributed by atoms with E-state index in [1.807, 2.05) is 6.92 Å². The first-order valence-corrected chi connectivity index (χ1v) is 12.0. The number of halogens is 2. The Labute approximate surface area is 209 Å². The van der Waals surface area contributed by atoms with Crippen molar-refractivity contribution in [3.8, 4) is 6.07 Å². The number of fused-ring (bicyclic) bond motifs is 1. The molecule has 0 spiro atoms. The van der Waals surface area contributed by atoms with Crippen molar-refractivity contribution in [2.45, 2.75) is 76.5 Å². The first-order chi connectivity index (χ1) is 17.2. The van der Waals surface area contributed by atoms with Crippen LogP contribution < -0.4 is 5.32 Å². The molecule has 192 valence electrons. The number of nitrogens with zero attached hydrogens (tertiary/aromatic N) is 1. The second kappa shape index (κ2) is 10.6. The zero-order chi connectivity index (χ0) is 25.9. The molecule has 0 aromatic heterocycles. The zero-order valence-corrected chi connectivity index (χ0v) is 20.6. The number of likely N-dealkylation sites (N-methyl/N-ethyl adjacent to an activating group) is 1. The molecule has 4 rings (SSSR count). The van der Waals surface area contributed by atoms with Crippen LogP contribution in [-0.4, -0.2) is 42.2 Å². The predicted molar refractivity (Wildman–Crippen MR) is 125 cm³/mol. The number of nitriles is 1. The van der Waals surface area contributed by atoms with Gasteiger partial charge in [-0.25, -0.2) is 8.78 Å². The molecule has 1 saturated carbocycles. The highest BCUT2D eigenvalue weighted by atomic mass is 19.2. The summed E-state index contributed by atoms with van der Waals surface area (Å²) in [6, 6.07) is 12.8. The topological polar surface area (TPSA) is 89.8 Å². The van der Waals surface area contributed by atoms with Crippen molar-refractivity contribution in [2.75, 3.05) is 6.54 Å². The molecule has 1 saturated heterocycles. The highest BCUT2D eigenvalue weighted by Crippen LogP contribution is 2.44. The van der Waals surface area contributed by atoms with E-state index in [4.69, 9.17) is 18.9 Å². The molecule has 1 amide bonds. The number of hydrogen-bond acceptors (Lipinski definition) is 6. The predicted octanol–water partition coefficient (Wildman–Crippen LogP) is 4.13. The monoisotopic (exact) mass is 500 g/mol. The molecule has 1 heterocycles. The van der Waals surface area contributed by atoms with E-state index in [0.717, 1.165) is 12.1 Å². The summed E-state index contributed by atoms with van der Waals surface area (Å²) in [6.45, 7) is 5.81. The summed E-state index contributed by atoms with van der Waals surface area (Å²) in [4.78, 5) is 13.4. The van der Waals surface area contributed by atoms with Gasteiger partial charge in [-0.1, -0.05) is 24.3 Å². The summed E-state index contributed by atoms with van der Waals surface area (Å²) in [5.41, 5.74) is 0.253. The number of benzene rings is 2. The zero-order valence-electron chi connectivity index (χ0n) is 20.6. The quantitative estimate of drug-likeness (QED) is 0.586. The van der Waals surface area contributed by atoms with Crippen LogP contribution in [0.2, 0.25) is 0 Å². The van der Waals surface area contributed by atoms with Gasteiger partial charge in [0.1, 0.15) is 6.10 Å². The minimum Gasteiger partial charge on any atom is -0.371 e. The molecule has 4 atom stereocenters. The molecule has 2 aromatic rings. The molecule has 2 aliphatic rings. The van der Waals surface area contributed by atoms with Gasteiger partial charge in [0.05, 0.1) is 37.1 Å². The Kier molecular flexibility index (Phi) is 7.71. The van der Waals surface area contributed by atoms with Crippen molar-refractivity contribution in [3.63, 3.8) is 0 Å². The van der Waals surface area contributed by atoms with Crippen molar-refractivity contribution >= 4 is 5.91 Å². The van der Waals surface area contributed by atoms with E-state index in [0.29, 0.717) is 23.2 Å². The van der Waals surface area contributed by atoms with E-state index in [1.54, 1.807) is 38.1 Å². The maximum Gasteiger partial charge on any atom is 0.252 e. The third kappa shape index (κ3) is 5.57. The number of amides is 1. The SMILES string of the molecule is CCNC(=O)[C@@]1(OCc2ccccc2C#N)C[C@H](OCc2ccc(F)c(F)c2)[C@@H]2OC(C)(C)O[C@@H]2C1. The average Bonchev–Trinajstić information content (AvgIpc) is 3.17. The second-order valence-corrected chi connectivity index (χ2v) is 9.56. The Morgan fingerprint density at radius 1 is 1.14 bits per heavy atom. The van der Waals surface area contributed by atoms with Gasteiger partial charge in [0, 0.05) is 19.4 Å². The van der Waals surface area contributed by atoms with E-state index in [9.17, 15) is 18.8 Å². The van der Waals surface area contributed by atoms with Gasteiger partial charge in [-0.2, -0.15) is 5.26 Å². The number of carbonyl (C=O) groups excluding carboxylic acids is 1. The molecule has 0 unspecified atom stereocenters. The number of rotatable bonds is 8. The molecule has 1 N–H and O–H groups in total. The molecule has 1 aliphatic heterocycles. The summed E-state index contributed by atoms with van der Waals surface area (Å²) < 4.78 is 51.8. The minimum atomic E-state index is -1.32. The normalized spacial score (nSPS) is 26.7. The molecular formula is C27H30F2N2O5. The smallest absolute Gasteiger partial charge is 0.252 e. The molecule has 2 fully saturated rings. The van der Waals surface area contributed by atoms with Crippen LogP contribution in [0.25, 0.3) is 0 Å². The van der Waals surface area contributed by atoms with Crippen molar-refractivity contribution < 1.29 is 32.5 Å². The molecule has 36 heavy (non-hydrogen) atoms. The number of hydrogen-bond donors (Lipinski definition) is 1. The molecule has 0 radical (unpaired) electrons. The highest BCUT2D eigenvalue weighted by Gasteiger charge is 2.58. The lowest BCUT2D eigenvalue weighted by Crippen LogP contribution is -2.60. The number of nitrogens with one attached hydrogen (secondary N) is 1. The maximum absolute atomic E-state index is 13.7. The van der Waals surface area contributed by atoms with E-state index < -0.39 is 41.3 Å². The minimum absolute atomic E-state index is 0.0163. The largest absolute Gasteiger partial charge is 0.371 e. The summed E-state index contributed by atoms with van der Waals surface area (Å²) in [5.74, 6) is -3.11. The average molecular weight is 501 g/mol. The molecule has 0 bridgehead atoms. The third-order valence-electron chi connectivity index (χ3n) is 6.49. The Bertz CT molecular complexity index is 1150. The lowest BCUT2D eigenvalue weighted by atomic mass is 9.78. The van der Waals surface area contributed by atoms with Crippen molar-refractivity contribution in [3.05, 3.63) is 70.8 Å². The highest BCUT2D eigenvalue weighted by molar-refractivity contribution is 5.85. The summed E-state index contributed by atoms with van der Waals surface area (Å²) in [7, 11) is 0. The molecule has 1 aliphatic carbocycles. The van der Waals surface area contributed by atoms with Crippen LogP contribution in [0.3, 0.4) is 0 Å². The fourth-order valence-electron chi connectivity index (χ4n) is 4.83. The van der Waals surface area contributed by atoms with Crippen LogP contribution in [-0.2, 0) is 37.0 Å². The van der Waals surface area contributed by atoms with Crippen LogP contribution in [0.5, 0.6) is 0 Å². The first kappa shape index (κ1) is 26.2. The van der Waals surface area contributed by atoms with Gasteiger partial charge in [0.15, 0.2) is 23.0 Å². The number of ether oxygens (including phenoxy) is 4. The van der Waals surface area contributed by atoms with Gasteiger partial charge in [0.25, 0.3) is 5.91 Å². The number of carbonyl (C=O) groups is 1. The maximum atomic E-state index is 13.7. The second-order valence-electron chi connectivity index (χ2n) is 9.56. The Morgan fingerprint density at radius 2 is 1.92 bits per heavy atom. The van der Waals surface area contributed by atoms with Gasteiger partial charge in [0.2, 0.25) is 0 Å². The van der Waals surface area contributed by atoms with Gasteiger partial charge in [-0.3, -0.25) is 4.79 Å². The van der Waals surface area contributed by atoms with Crippen LogP contribution in [0.1, 0.15) is 50.3 Å². The standard InChI is InChI=1S/C27H30F2N2O5/c1-4-31-25(32)27(34-16-19-8-6-5-7-18(19)14-30)12-22(24-23(13-27)35-26(2,3)36-24)33-15-17-9-10-20(28)21(29)11-17/h5-11,22-24H,4,12-13,15-16H2,1-3H3,(H,31,32)/t22-,23+,24-,27+/m0/s1. The summed E-state index contributed by atoms with van der Waals surface area (Å²) >= 11 is 0. The van der Waals surface area contributed by atoms with Crippen molar-refractivity contribution in [2.24, 2.45) is 0 Å². The Hall–Kier alpha value is -2.90. The molecular weight excluding hydrogens is 470 g/mol. The van der Waals surface area contributed by atoms with E-state index >= 15 is 0 Å². The molecule has 2 aromatic carbocycles. The van der Waals surface area contributed by atoms with E-state index in [-0.39, 0.29) is 32.0 Å². The van der Waals surface area contributed by atoms with Gasteiger partial charge < -0.3 is 24.3 Å². The molecule has 9 heteroatoms. The lowest BCUT2D eigenvalue weighted by molar-refractivity contribution is -0.183. The van der Waals surface area contributed by atoms with E-state index in [2.05, 4.69) is 11.4 Å². The first-order valence-electron chi connectivity index (χ1n) is 12.0. The fraction of sp³-hybridized carbons (Fsp3) is 0.481. The summed E-state index contributed by atoms with van der Waals surface area (Å²) in [6.07, 6.45) is -1.24. The fourth-order valence-corrected chi connectivity index (χ4v) is 4.83. The van der Waals surface area contributed by atoms with Crippen molar-refractivity contribution in [1.29, 1.82) is 5.26 Å². The lowest BCUT2D eigenvalue weighted by Gasteiger charge is -2.43. The summed E-state index contributed by atoms with van der Waals surface area (Å²) in [5, 5.41) is 12.3. The molecule has 7 nitrogen and oxygen atoms in total. The van der Waals surface area contributed by atoms with E-state index in [1.165, 1.54) is 6.07 Å². The Balaban J connectivity index is 1.61. The van der Waals surface area contributed by atoms with Crippen molar-refractivity contribution in [1.82, 2.24) is 5.32 Å². The van der Waals surface area contributed by atoms with Crippen LogP contribution in [0.15, 0.2) is 42.5 Å². The van der Waals surface area contributed by atoms with Gasteiger partial charge in [-0.05, 0) is 50.1 Å². The third-order valence-corrected chi connectivity index (χ3v) is 6.49. The van der Waals surface area contributed by atoms with Gasteiger partial charge >= 0.3 is 0 Å². The van der Waals surface area contributed by atoms with Crippen LogP contribution in [0, 0.1) is 23.0 Å². The van der Waals surface area contributed by atoms with Crippen LogP contribution in [0.4, 0.5) is 8.78 Å². The Morgan fingerprint density at radius 3 is 2.64 bits per heavy atom. The van der Waals surface area contributed by atoms with Gasteiger partial charge in [-0.15, -0.1) is 0 Å².